The van der Waals surface area contributed by atoms with Gasteiger partial charge < -0.3 is 10.4 Å². The van der Waals surface area contributed by atoms with Gasteiger partial charge in [-0.05, 0) is 23.9 Å². The fourth-order valence-corrected chi connectivity index (χ4v) is 3.07. The number of aliphatic carboxylic acids is 1. The number of hydrogen-bond acceptors (Lipinski definition) is 3. The SMILES string of the molecule is Cc1ccsc1C1CNCC1C(=O)O. The van der Waals surface area contributed by atoms with E-state index in [9.17, 15) is 4.79 Å². The molecule has 0 saturated carbocycles. The van der Waals surface area contributed by atoms with E-state index in [1.165, 1.54) is 10.4 Å². The molecular formula is C10H13NO2S. The van der Waals surface area contributed by atoms with Crippen molar-refractivity contribution in [1.29, 1.82) is 0 Å². The number of hydrogen-bond donors (Lipinski definition) is 2. The summed E-state index contributed by atoms with van der Waals surface area (Å²) in [6.45, 7) is 3.43. The molecule has 0 radical (unpaired) electrons. The summed E-state index contributed by atoms with van der Waals surface area (Å²) in [5.41, 5.74) is 1.22. The van der Waals surface area contributed by atoms with Gasteiger partial charge in [0.05, 0.1) is 5.92 Å². The van der Waals surface area contributed by atoms with E-state index >= 15 is 0 Å². The van der Waals surface area contributed by atoms with Crippen LogP contribution in [0.4, 0.5) is 0 Å². The minimum atomic E-state index is -0.687. The molecule has 2 unspecified atom stereocenters. The summed E-state index contributed by atoms with van der Waals surface area (Å²) in [6, 6.07) is 2.05. The summed E-state index contributed by atoms with van der Waals surface area (Å²) in [6.07, 6.45) is 0. The molecule has 0 amide bonds. The molecule has 0 bridgehead atoms. The lowest BCUT2D eigenvalue weighted by Gasteiger charge is -2.13. The maximum absolute atomic E-state index is 11.0. The van der Waals surface area contributed by atoms with Crippen molar-refractivity contribution in [2.24, 2.45) is 5.92 Å². The highest BCUT2D eigenvalue weighted by molar-refractivity contribution is 7.10. The van der Waals surface area contributed by atoms with Crippen LogP contribution in [-0.2, 0) is 4.79 Å². The molecule has 1 aromatic rings. The van der Waals surface area contributed by atoms with Crippen LogP contribution >= 0.6 is 11.3 Å². The number of aryl methyl sites for hydroxylation is 1. The van der Waals surface area contributed by atoms with E-state index in [1.54, 1.807) is 11.3 Å². The number of carboxylic acid groups (broad SMARTS) is 1. The van der Waals surface area contributed by atoms with Crippen molar-refractivity contribution in [3.05, 3.63) is 21.9 Å². The average molecular weight is 211 g/mol. The molecule has 1 aliphatic heterocycles. The third kappa shape index (κ3) is 1.55. The van der Waals surface area contributed by atoms with Gasteiger partial charge in [0.2, 0.25) is 0 Å². The van der Waals surface area contributed by atoms with Crippen molar-refractivity contribution < 1.29 is 9.90 Å². The molecule has 1 aliphatic rings. The van der Waals surface area contributed by atoms with Gasteiger partial charge in [-0.1, -0.05) is 0 Å². The molecule has 0 aromatic carbocycles. The van der Waals surface area contributed by atoms with Gasteiger partial charge >= 0.3 is 5.97 Å². The van der Waals surface area contributed by atoms with Crippen molar-refractivity contribution in [2.75, 3.05) is 13.1 Å². The smallest absolute Gasteiger partial charge is 0.308 e. The van der Waals surface area contributed by atoms with Crippen LogP contribution in [0.25, 0.3) is 0 Å². The number of carboxylic acids is 1. The lowest BCUT2D eigenvalue weighted by atomic mass is 9.93. The molecule has 2 rings (SSSR count). The van der Waals surface area contributed by atoms with Gasteiger partial charge in [0.25, 0.3) is 0 Å². The molecule has 0 aliphatic carbocycles. The fourth-order valence-electron chi connectivity index (χ4n) is 1.98. The van der Waals surface area contributed by atoms with E-state index in [4.69, 9.17) is 5.11 Å². The molecule has 3 nitrogen and oxygen atoms in total. The predicted molar refractivity (Wildman–Crippen MR) is 55.8 cm³/mol. The van der Waals surface area contributed by atoms with Crippen molar-refractivity contribution >= 4 is 17.3 Å². The molecule has 2 atom stereocenters. The summed E-state index contributed by atoms with van der Waals surface area (Å²) in [5, 5.41) is 14.2. The summed E-state index contributed by atoms with van der Waals surface area (Å²) in [5.74, 6) is -0.785. The number of nitrogens with one attached hydrogen (secondary N) is 1. The van der Waals surface area contributed by atoms with Crippen LogP contribution in [0.15, 0.2) is 11.4 Å². The standard InChI is InChI=1S/C10H13NO2S/c1-6-2-3-14-9(6)7-4-11-5-8(7)10(12)13/h2-3,7-8,11H,4-5H2,1H3,(H,12,13). The monoisotopic (exact) mass is 211 g/mol. The van der Waals surface area contributed by atoms with Crippen LogP contribution < -0.4 is 5.32 Å². The maximum atomic E-state index is 11.0. The lowest BCUT2D eigenvalue weighted by molar-refractivity contribution is -0.141. The first kappa shape index (κ1) is 9.68. The minimum Gasteiger partial charge on any atom is -0.481 e. The predicted octanol–water partition coefficient (Wildman–Crippen LogP) is 1.44. The molecule has 76 valence electrons. The van der Waals surface area contributed by atoms with Crippen LogP contribution in [0.2, 0.25) is 0 Å². The van der Waals surface area contributed by atoms with Gasteiger partial charge in [0, 0.05) is 23.9 Å². The van der Waals surface area contributed by atoms with E-state index in [0.29, 0.717) is 6.54 Å². The van der Waals surface area contributed by atoms with E-state index in [1.807, 2.05) is 12.3 Å². The van der Waals surface area contributed by atoms with Crippen LogP contribution in [-0.4, -0.2) is 24.2 Å². The molecule has 4 heteroatoms. The molecule has 0 spiro atoms. The zero-order chi connectivity index (χ0) is 10.1. The first-order valence-corrected chi connectivity index (χ1v) is 5.55. The van der Waals surface area contributed by atoms with Gasteiger partial charge in [-0.2, -0.15) is 0 Å². The molecular weight excluding hydrogens is 198 g/mol. The Labute approximate surface area is 86.8 Å². The largest absolute Gasteiger partial charge is 0.481 e. The first-order valence-electron chi connectivity index (χ1n) is 4.67. The molecule has 1 fully saturated rings. The summed E-state index contributed by atoms with van der Waals surface area (Å²) in [4.78, 5) is 12.2. The third-order valence-electron chi connectivity index (χ3n) is 2.77. The highest BCUT2D eigenvalue weighted by atomic mass is 32.1. The van der Waals surface area contributed by atoms with Crippen molar-refractivity contribution in [2.45, 2.75) is 12.8 Å². The van der Waals surface area contributed by atoms with Gasteiger partial charge in [0.15, 0.2) is 0 Å². The van der Waals surface area contributed by atoms with Crippen LogP contribution in [0.3, 0.4) is 0 Å². The van der Waals surface area contributed by atoms with Crippen molar-refractivity contribution in [3.8, 4) is 0 Å². The van der Waals surface area contributed by atoms with Crippen molar-refractivity contribution in [3.63, 3.8) is 0 Å². The van der Waals surface area contributed by atoms with Crippen LogP contribution in [0.1, 0.15) is 16.4 Å². The second-order valence-electron chi connectivity index (χ2n) is 3.68. The summed E-state index contributed by atoms with van der Waals surface area (Å²) < 4.78 is 0. The Morgan fingerprint density at radius 3 is 3.00 bits per heavy atom. The fraction of sp³-hybridized carbons (Fsp3) is 0.500. The van der Waals surface area contributed by atoms with Gasteiger partial charge in [-0.25, -0.2) is 0 Å². The Bertz CT molecular complexity index is 348. The molecule has 2 heterocycles. The second-order valence-corrected chi connectivity index (χ2v) is 4.63. The second kappa shape index (κ2) is 3.71. The third-order valence-corrected chi connectivity index (χ3v) is 3.92. The first-order chi connectivity index (χ1) is 6.70. The molecule has 1 aromatic heterocycles. The van der Waals surface area contributed by atoms with E-state index < -0.39 is 5.97 Å². The minimum absolute atomic E-state index is 0.160. The zero-order valence-electron chi connectivity index (χ0n) is 7.99. The van der Waals surface area contributed by atoms with Crippen LogP contribution in [0.5, 0.6) is 0 Å². The van der Waals surface area contributed by atoms with Crippen LogP contribution in [0, 0.1) is 12.8 Å². The van der Waals surface area contributed by atoms with E-state index in [2.05, 4.69) is 11.4 Å². The van der Waals surface area contributed by atoms with E-state index in [0.717, 1.165) is 6.54 Å². The highest BCUT2D eigenvalue weighted by Crippen LogP contribution is 2.33. The number of thiophene rings is 1. The number of rotatable bonds is 2. The van der Waals surface area contributed by atoms with Gasteiger partial charge in [-0.3, -0.25) is 4.79 Å². The molecule has 1 saturated heterocycles. The lowest BCUT2D eigenvalue weighted by Crippen LogP contribution is -2.20. The van der Waals surface area contributed by atoms with Crippen molar-refractivity contribution in [1.82, 2.24) is 5.32 Å². The Morgan fingerprint density at radius 2 is 2.43 bits per heavy atom. The Morgan fingerprint density at radius 1 is 1.64 bits per heavy atom. The summed E-state index contributed by atoms with van der Waals surface area (Å²) >= 11 is 1.66. The number of carbonyl (C=O) groups is 1. The topological polar surface area (TPSA) is 49.3 Å². The average Bonchev–Trinajstić information content (AvgIpc) is 2.70. The zero-order valence-corrected chi connectivity index (χ0v) is 8.80. The quantitative estimate of drug-likeness (QED) is 0.778. The summed E-state index contributed by atoms with van der Waals surface area (Å²) in [7, 11) is 0. The Hall–Kier alpha value is -0.870. The van der Waals surface area contributed by atoms with E-state index in [-0.39, 0.29) is 11.8 Å². The Balaban J connectivity index is 2.26. The van der Waals surface area contributed by atoms with Gasteiger partial charge in [0.1, 0.15) is 0 Å². The molecule has 14 heavy (non-hydrogen) atoms. The van der Waals surface area contributed by atoms with Gasteiger partial charge in [-0.15, -0.1) is 11.3 Å². The normalized spacial score (nSPS) is 26.6. The molecule has 2 N–H and O–H groups in total. The highest BCUT2D eigenvalue weighted by Gasteiger charge is 2.35. The maximum Gasteiger partial charge on any atom is 0.308 e. The Kier molecular flexibility index (Phi) is 2.56.